The molecule has 1 aliphatic rings. The average Bonchev–Trinajstić information content (AvgIpc) is 2.54. The molecule has 0 saturated heterocycles. The quantitative estimate of drug-likeness (QED) is 0.697. The van der Waals surface area contributed by atoms with Crippen molar-refractivity contribution in [3.05, 3.63) is 59.7 Å². The highest BCUT2D eigenvalue weighted by Gasteiger charge is 2.22. The van der Waals surface area contributed by atoms with Gasteiger partial charge in [0, 0.05) is 12.0 Å². The van der Waals surface area contributed by atoms with Crippen molar-refractivity contribution in [1.82, 2.24) is 0 Å². The van der Waals surface area contributed by atoms with E-state index in [1.165, 1.54) is 0 Å². The van der Waals surface area contributed by atoms with Gasteiger partial charge >= 0.3 is 6.16 Å². The molecule has 1 aliphatic heterocycles. The highest BCUT2D eigenvalue weighted by atomic mass is 16.7. The van der Waals surface area contributed by atoms with Crippen LogP contribution in [0.3, 0.4) is 0 Å². The zero-order valence-electron chi connectivity index (χ0n) is 11.9. The van der Waals surface area contributed by atoms with Crippen LogP contribution in [0.15, 0.2) is 48.5 Å². The predicted octanol–water partition coefficient (Wildman–Crippen LogP) is 2.70. The van der Waals surface area contributed by atoms with Gasteiger partial charge in [0.15, 0.2) is 11.5 Å². The molecule has 0 fully saturated rings. The Morgan fingerprint density at radius 1 is 1.18 bits per heavy atom. The molecule has 5 nitrogen and oxygen atoms in total. The largest absolute Gasteiger partial charge is 0.514 e. The second-order valence-electron chi connectivity index (χ2n) is 5.04. The number of carbonyl (C=O) groups is 1. The molecule has 0 saturated carbocycles. The number of hydrogen-bond donors (Lipinski definition) is 1. The fraction of sp³-hybridized carbons (Fsp3) is 0.235. The summed E-state index contributed by atoms with van der Waals surface area (Å²) in [6, 6.07) is 14.6. The Morgan fingerprint density at radius 3 is 2.82 bits per heavy atom. The second kappa shape index (κ2) is 6.49. The van der Waals surface area contributed by atoms with Crippen molar-refractivity contribution in [3.8, 4) is 11.5 Å². The van der Waals surface area contributed by atoms with E-state index in [2.05, 4.69) is 0 Å². The molecule has 2 aromatic carbocycles. The third-order valence-corrected chi connectivity index (χ3v) is 3.33. The van der Waals surface area contributed by atoms with Gasteiger partial charge in [0.25, 0.3) is 0 Å². The summed E-state index contributed by atoms with van der Waals surface area (Å²) in [6.45, 7) is 0.334. The van der Waals surface area contributed by atoms with Crippen molar-refractivity contribution in [3.63, 3.8) is 0 Å². The summed E-state index contributed by atoms with van der Waals surface area (Å²) in [5, 5.41) is 9.58. The first kappa shape index (κ1) is 14.4. The van der Waals surface area contributed by atoms with Gasteiger partial charge in [-0.1, -0.05) is 42.5 Å². The lowest BCUT2D eigenvalue weighted by Gasteiger charge is -2.23. The Kier molecular flexibility index (Phi) is 4.25. The molecule has 2 aromatic rings. The van der Waals surface area contributed by atoms with Gasteiger partial charge in [0.2, 0.25) is 0 Å². The number of hydrogen-bond acceptors (Lipinski definition) is 5. The average molecular weight is 300 g/mol. The molecule has 0 aliphatic carbocycles. The van der Waals surface area contributed by atoms with Crippen molar-refractivity contribution >= 4 is 6.16 Å². The zero-order valence-corrected chi connectivity index (χ0v) is 11.9. The summed E-state index contributed by atoms with van der Waals surface area (Å²) in [7, 11) is 0. The smallest absolute Gasteiger partial charge is 0.487 e. The Morgan fingerprint density at radius 2 is 2.00 bits per heavy atom. The molecule has 0 radical (unpaired) electrons. The summed E-state index contributed by atoms with van der Waals surface area (Å²) < 4.78 is 15.7. The summed E-state index contributed by atoms with van der Waals surface area (Å²) in [5.41, 5.74) is 1.70. The van der Waals surface area contributed by atoms with Gasteiger partial charge in [-0.05, 0) is 11.6 Å². The third kappa shape index (κ3) is 3.38. The number of fused-ring (bicyclic) bond motifs is 1. The number of aliphatic hydroxyl groups is 1. The van der Waals surface area contributed by atoms with Crippen LogP contribution in [0, 0.1) is 0 Å². The van der Waals surface area contributed by atoms with E-state index in [1.807, 2.05) is 36.4 Å². The molecule has 1 atom stereocenters. The molecule has 22 heavy (non-hydrogen) atoms. The molecule has 0 amide bonds. The molecule has 0 bridgehead atoms. The summed E-state index contributed by atoms with van der Waals surface area (Å²) >= 11 is 0. The molecular weight excluding hydrogens is 284 g/mol. The van der Waals surface area contributed by atoms with Crippen molar-refractivity contribution in [2.45, 2.75) is 19.1 Å². The number of carbonyl (C=O) groups excluding carboxylic acids is 1. The van der Waals surface area contributed by atoms with Gasteiger partial charge in [-0.3, -0.25) is 0 Å². The summed E-state index contributed by atoms with van der Waals surface area (Å²) in [6.07, 6.45) is -0.842. The molecule has 1 unspecified atom stereocenters. The lowest BCUT2D eigenvalue weighted by Crippen LogP contribution is -2.26. The molecule has 3 rings (SSSR count). The predicted molar refractivity (Wildman–Crippen MR) is 78.9 cm³/mol. The highest BCUT2D eigenvalue weighted by Crippen LogP contribution is 2.35. The Balaban J connectivity index is 1.63. The molecule has 5 heteroatoms. The molecular formula is C17H16O5. The van der Waals surface area contributed by atoms with E-state index in [1.54, 1.807) is 12.1 Å². The van der Waals surface area contributed by atoms with Gasteiger partial charge in [-0.2, -0.15) is 0 Å². The lowest BCUT2D eigenvalue weighted by atomic mass is 10.0. The van der Waals surface area contributed by atoms with Crippen LogP contribution in [-0.2, 0) is 17.8 Å². The first-order valence-corrected chi connectivity index (χ1v) is 7.03. The van der Waals surface area contributed by atoms with Gasteiger partial charge in [0.1, 0.15) is 13.2 Å². The van der Waals surface area contributed by atoms with Crippen LogP contribution in [0.5, 0.6) is 11.5 Å². The van der Waals surface area contributed by atoms with Gasteiger partial charge < -0.3 is 19.3 Å². The van der Waals surface area contributed by atoms with Crippen LogP contribution >= 0.6 is 0 Å². The van der Waals surface area contributed by atoms with Crippen LogP contribution in [0.1, 0.15) is 11.1 Å². The standard InChI is InChI=1S/C17H16O5/c18-14-9-13-7-4-8-15(16(13)20-11-14)22-17(19)21-10-12-5-2-1-3-6-12/h1-8,14,18H,9-11H2. The van der Waals surface area contributed by atoms with E-state index < -0.39 is 12.3 Å². The molecule has 0 spiro atoms. The minimum absolute atomic E-state index is 0.147. The fourth-order valence-corrected chi connectivity index (χ4v) is 2.29. The highest BCUT2D eigenvalue weighted by molar-refractivity contribution is 5.66. The van der Waals surface area contributed by atoms with Crippen LogP contribution in [0.2, 0.25) is 0 Å². The molecule has 0 aromatic heterocycles. The van der Waals surface area contributed by atoms with E-state index in [9.17, 15) is 9.90 Å². The monoisotopic (exact) mass is 300 g/mol. The number of aliphatic hydroxyl groups excluding tert-OH is 1. The number of rotatable bonds is 3. The number of ether oxygens (including phenoxy) is 3. The van der Waals surface area contributed by atoms with Crippen LogP contribution < -0.4 is 9.47 Å². The first-order chi connectivity index (χ1) is 10.7. The van der Waals surface area contributed by atoms with E-state index in [0.29, 0.717) is 17.9 Å². The maximum absolute atomic E-state index is 11.8. The van der Waals surface area contributed by atoms with Crippen molar-refractivity contribution < 1.29 is 24.1 Å². The van der Waals surface area contributed by atoms with Gasteiger partial charge in [-0.25, -0.2) is 4.79 Å². The number of para-hydroxylation sites is 1. The Bertz CT molecular complexity index is 653. The Labute approximate surface area is 128 Å². The van der Waals surface area contributed by atoms with Crippen molar-refractivity contribution in [2.75, 3.05) is 6.61 Å². The van der Waals surface area contributed by atoms with E-state index in [0.717, 1.165) is 11.1 Å². The lowest BCUT2D eigenvalue weighted by molar-refractivity contribution is 0.0799. The van der Waals surface area contributed by atoms with E-state index >= 15 is 0 Å². The van der Waals surface area contributed by atoms with Crippen LogP contribution in [-0.4, -0.2) is 24.0 Å². The SMILES string of the molecule is O=C(OCc1ccccc1)Oc1cccc2c1OCC(O)C2. The minimum Gasteiger partial charge on any atom is -0.487 e. The second-order valence-corrected chi connectivity index (χ2v) is 5.04. The molecule has 1 N–H and O–H groups in total. The molecule has 1 heterocycles. The van der Waals surface area contributed by atoms with Crippen LogP contribution in [0.4, 0.5) is 4.79 Å². The van der Waals surface area contributed by atoms with E-state index in [-0.39, 0.29) is 13.2 Å². The zero-order chi connectivity index (χ0) is 15.4. The fourth-order valence-electron chi connectivity index (χ4n) is 2.29. The maximum atomic E-state index is 11.8. The topological polar surface area (TPSA) is 65.0 Å². The Hall–Kier alpha value is -2.53. The van der Waals surface area contributed by atoms with E-state index in [4.69, 9.17) is 14.2 Å². The van der Waals surface area contributed by atoms with Crippen molar-refractivity contribution in [2.24, 2.45) is 0 Å². The summed E-state index contributed by atoms with van der Waals surface area (Å²) in [5.74, 6) is 0.798. The van der Waals surface area contributed by atoms with Crippen molar-refractivity contribution in [1.29, 1.82) is 0 Å². The van der Waals surface area contributed by atoms with Gasteiger partial charge in [-0.15, -0.1) is 0 Å². The third-order valence-electron chi connectivity index (χ3n) is 3.33. The van der Waals surface area contributed by atoms with Gasteiger partial charge in [0.05, 0.1) is 6.10 Å². The summed E-state index contributed by atoms with van der Waals surface area (Å²) in [4.78, 5) is 11.8. The molecule has 114 valence electrons. The van der Waals surface area contributed by atoms with Crippen LogP contribution in [0.25, 0.3) is 0 Å². The minimum atomic E-state index is -0.785. The first-order valence-electron chi connectivity index (χ1n) is 7.03. The number of benzene rings is 2. The normalized spacial score (nSPS) is 16.3. The maximum Gasteiger partial charge on any atom is 0.514 e.